The normalized spacial score (nSPS) is 13.6. The Hall–Kier alpha value is -4.96. The van der Waals surface area contributed by atoms with Gasteiger partial charge in [0, 0.05) is 52.4 Å². The Bertz CT molecular complexity index is 2690. The van der Waals surface area contributed by atoms with E-state index in [1.807, 2.05) is 22.7 Å². The lowest BCUT2D eigenvalue weighted by atomic mass is 9.82. The molecule has 0 spiro atoms. The highest BCUT2D eigenvalue weighted by Gasteiger charge is 2.36. The van der Waals surface area contributed by atoms with E-state index in [4.69, 9.17) is 0 Å². The molecule has 9 aromatic rings. The van der Waals surface area contributed by atoms with Crippen LogP contribution in [0.4, 0.5) is 17.1 Å². The molecule has 0 amide bonds. The highest BCUT2D eigenvalue weighted by atomic mass is 32.1. The molecule has 1 aliphatic rings. The summed E-state index contributed by atoms with van der Waals surface area (Å²) in [5, 5.41) is 7.92. The molecule has 0 radical (unpaired) electrons. The smallest absolute Gasteiger partial charge is 0.0640 e. The molecule has 10 rings (SSSR count). The minimum absolute atomic E-state index is 0.0778. The summed E-state index contributed by atoms with van der Waals surface area (Å²) in [7, 11) is 0. The predicted molar refractivity (Wildman–Crippen MR) is 202 cm³/mol. The van der Waals surface area contributed by atoms with Crippen LogP contribution >= 0.6 is 22.7 Å². The van der Waals surface area contributed by atoms with Gasteiger partial charge >= 0.3 is 0 Å². The lowest BCUT2D eigenvalue weighted by molar-refractivity contribution is 0.660. The maximum Gasteiger partial charge on any atom is 0.0640 e. The van der Waals surface area contributed by atoms with Gasteiger partial charge in [0.1, 0.15) is 0 Å². The van der Waals surface area contributed by atoms with Crippen LogP contribution in [0.2, 0.25) is 0 Å². The number of thiophene rings is 2. The summed E-state index contributed by atoms with van der Waals surface area (Å²) in [5.41, 5.74) is 8.99. The molecule has 3 heteroatoms. The number of hydrogen-bond donors (Lipinski definition) is 0. The molecule has 1 aliphatic carbocycles. The van der Waals surface area contributed by atoms with Gasteiger partial charge in [0.2, 0.25) is 0 Å². The largest absolute Gasteiger partial charge is 0.309 e. The van der Waals surface area contributed by atoms with Gasteiger partial charge in [0.05, 0.1) is 10.4 Å². The zero-order chi connectivity index (χ0) is 30.6. The van der Waals surface area contributed by atoms with Crippen molar-refractivity contribution in [1.82, 2.24) is 0 Å². The Balaban J connectivity index is 1.26. The van der Waals surface area contributed by atoms with Gasteiger partial charge in [-0.1, -0.05) is 111 Å². The molecule has 0 saturated heterocycles. The van der Waals surface area contributed by atoms with Crippen LogP contribution < -0.4 is 4.90 Å². The summed E-state index contributed by atoms with van der Waals surface area (Å²) >= 11 is 3.78. The Morgan fingerprint density at radius 1 is 0.478 bits per heavy atom. The third-order valence-electron chi connectivity index (χ3n) is 10.1. The van der Waals surface area contributed by atoms with Gasteiger partial charge < -0.3 is 4.90 Å². The zero-order valence-corrected chi connectivity index (χ0v) is 27.2. The minimum atomic E-state index is -0.0778. The standard InChI is InChI=1S/C43H29NS2/c1-43(2)35-15-7-5-12-30(35)31-21-19-27(24-36(31)43)44(28-20-22-33-32-13-6-8-17-38(32)45-40(33)25-28)37-16-9-14-34-41-29-11-4-3-10-26(29)18-23-39(41)46-42(34)37/h3-25H,1-2H3. The highest BCUT2D eigenvalue weighted by Crippen LogP contribution is 2.52. The van der Waals surface area contributed by atoms with E-state index >= 15 is 0 Å². The van der Waals surface area contributed by atoms with Gasteiger partial charge in [0.25, 0.3) is 0 Å². The van der Waals surface area contributed by atoms with Crippen LogP contribution in [0.1, 0.15) is 25.0 Å². The summed E-state index contributed by atoms with van der Waals surface area (Å²) in [4.78, 5) is 2.50. The van der Waals surface area contributed by atoms with E-state index < -0.39 is 0 Å². The molecule has 0 fully saturated rings. The fourth-order valence-corrected chi connectivity index (χ4v) is 10.2. The molecule has 0 N–H and O–H groups in total. The minimum Gasteiger partial charge on any atom is -0.309 e. The van der Waals surface area contributed by atoms with Gasteiger partial charge in [-0.15, -0.1) is 22.7 Å². The average molecular weight is 624 g/mol. The topological polar surface area (TPSA) is 3.24 Å². The maximum atomic E-state index is 2.50. The van der Waals surface area contributed by atoms with Crippen LogP contribution in [0, 0.1) is 0 Å². The van der Waals surface area contributed by atoms with Gasteiger partial charge in [0.15, 0.2) is 0 Å². The van der Waals surface area contributed by atoms with Crippen molar-refractivity contribution in [2.45, 2.75) is 19.3 Å². The molecule has 2 heterocycles. The van der Waals surface area contributed by atoms with Gasteiger partial charge in [-0.2, -0.15) is 0 Å². The average Bonchev–Trinajstić information content (AvgIpc) is 3.73. The van der Waals surface area contributed by atoms with Gasteiger partial charge in [-0.3, -0.25) is 0 Å². The quantitative estimate of drug-likeness (QED) is 0.189. The molecular formula is C43H29NS2. The first-order chi connectivity index (χ1) is 22.6. The SMILES string of the molecule is CC1(C)c2ccccc2-c2ccc(N(c3ccc4c(c3)sc3ccccc34)c3cccc4c3sc3ccc5ccccc5c34)cc21. The summed E-state index contributed by atoms with van der Waals surface area (Å²) in [6, 6.07) is 52.0. The first kappa shape index (κ1) is 26.3. The van der Waals surface area contributed by atoms with Crippen LogP contribution in [0.5, 0.6) is 0 Å². The second-order valence-electron chi connectivity index (χ2n) is 12.9. The van der Waals surface area contributed by atoms with Crippen molar-refractivity contribution >= 4 is 90.9 Å². The maximum absolute atomic E-state index is 2.50. The van der Waals surface area contributed by atoms with Gasteiger partial charge in [-0.05, 0) is 75.5 Å². The van der Waals surface area contributed by atoms with Crippen LogP contribution in [0.15, 0.2) is 140 Å². The molecule has 0 atom stereocenters. The number of rotatable bonds is 3. The number of benzene rings is 7. The number of nitrogens with zero attached hydrogens (tertiary/aromatic N) is 1. The fraction of sp³-hybridized carbons (Fsp3) is 0.0698. The van der Waals surface area contributed by atoms with Crippen molar-refractivity contribution < 1.29 is 0 Å². The van der Waals surface area contributed by atoms with Crippen molar-refractivity contribution in [3.8, 4) is 11.1 Å². The van der Waals surface area contributed by atoms with E-state index in [-0.39, 0.29) is 5.41 Å². The summed E-state index contributed by atoms with van der Waals surface area (Å²) in [6.45, 7) is 4.74. The van der Waals surface area contributed by atoms with Crippen LogP contribution in [-0.2, 0) is 5.41 Å². The summed E-state index contributed by atoms with van der Waals surface area (Å²) in [5.74, 6) is 0. The molecule has 1 nitrogen and oxygen atoms in total. The van der Waals surface area contributed by atoms with Gasteiger partial charge in [-0.25, -0.2) is 0 Å². The lowest BCUT2D eigenvalue weighted by Gasteiger charge is -2.28. The second-order valence-corrected chi connectivity index (χ2v) is 15.1. The molecular weight excluding hydrogens is 595 g/mol. The lowest BCUT2D eigenvalue weighted by Crippen LogP contribution is -2.16. The molecule has 2 aromatic heterocycles. The first-order valence-electron chi connectivity index (χ1n) is 15.9. The molecule has 7 aromatic carbocycles. The third-order valence-corrected chi connectivity index (χ3v) is 12.4. The fourth-order valence-electron chi connectivity index (χ4n) is 7.84. The summed E-state index contributed by atoms with van der Waals surface area (Å²) < 4.78 is 5.28. The van der Waals surface area contributed by atoms with Crippen molar-refractivity contribution in [2.75, 3.05) is 4.90 Å². The van der Waals surface area contributed by atoms with Crippen molar-refractivity contribution in [2.24, 2.45) is 0 Å². The van der Waals surface area contributed by atoms with E-state index in [0.717, 1.165) is 0 Å². The van der Waals surface area contributed by atoms with E-state index in [0.29, 0.717) is 0 Å². The number of anilines is 3. The molecule has 0 bridgehead atoms. The Morgan fingerprint density at radius 2 is 1.20 bits per heavy atom. The number of fused-ring (bicyclic) bond motifs is 11. The Morgan fingerprint density at radius 3 is 2.13 bits per heavy atom. The Kier molecular flexibility index (Phi) is 5.44. The first-order valence-corrected chi connectivity index (χ1v) is 17.5. The van der Waals surface area contributed by atoms with Crippen molar-refractivity contribution in [3.63, 3.8) is 0 Å². The van der Waals surface area contributed by atoms with E-state index in [1.54, 1.807) is 0 Å². The molecule has 46 heavy (non-hydrogen) atoms. The zero-order valence-electron chi connectivity index (χ0n) is 25.5. The van der Waals surface area contributed by atoms with Crippen LogP contribution in [-0.4, -0.2) is 0 Å². The van der Waals surface area contributed by atoms with E-state index in [9.17, 15) is 0 Å². The molecule has 0 unspecified atom stereocenters. The van der Waals surface area contributed by atoms with E-state index in [2.05, 4.69) is 158 Å². The molecule has 218 valence electrons. The third kappa shape index (κ3) is 3.61. The van der Waals surface area contributed by atoms with Crippen molar-refractivity contribution in [1.29, 1.82) is 0 Å². The Labute approximate surface area is 275 Å². The van der Waals surface area contributed by atoms with Crippen LogP contribution in [0.25, 0.3) is 62.2 Å². The predicted octanol–water partition coefficient (Wildman–Crippen LogP) is 13.4. The van der Waals surface area contributed by atoms with E-state index in [1.165, 1.54) is 90.4 Å². The number of hydrogen-bond acceptors (Lipinski definition) is 3. The van der Waals surface area contributed by atoms with Crippen molar-refractivity contribution in [3.05, 3.63) is 151 Å². The summed E-state index contributed by atoms with van der Waals surface area (Å²) in [6.07, 6.45) is 0. The highest BCUT2D eigenvalue weighted by molar-refractivity contribution is 7.26. The van der Waals surface area contributed by atoms with Crippen LogP contribution in [0.3, 0.4) is 0 Å². The molecule has 0 aliphatic heterocycles. The monoisotopic (exact) mass is 623 g/mol. The molecule has 0 saturated carbocycles. The second kappa shape index (κ2) is 9.53.